The molecule has 2 nitrogen and oxygen atoms in total. The van der Waals surface area contributed by atoms with E-state index in [-0.39, 0.29) is 5.75 Å². The number of aryl methyl sites for hydroxylation is 1. The average Bonchev–Trinajstić information content (AvgIpc) is 2.58. The Balaban J connectivity index is 2.07. The number of hydrogen-bond acceptors (Lipinski definition) is 2. The van der Waals surface area contributed by atoms with Crippen LogP contribution in [-0.2, 0) is 6.42 Å². The van der Waals surface area contributed by atoms with Gasteiger partial charge < -0.3 is 10.0 Å². The molecule has 0 bridgehead atoms. The van der Waals surface area contributed by atoms with Crippen molar-refractivity contribution in [3.63, 3.8) is 0 Å². The van der Waals surface area contributed by atoms with Gasteiger partial charge in [-0.2, -0.15) is 0 Å². The number of phenolic OH excluding ortho intramolecular Hbond substituents is 1. The molecule has 0 fully saturated rings. The fourth-order valence-corrected chi connectivity index (χ4v) is 2.51. The number of anilines is 3. The molecule has 2 heteroatoms. The van der Waals surface area contributed by atoms with E-state index in [1.807, 2.05) is 30.3 Å². The Bertz CT molecular complexity index is 718. The molecule has 0 aliphatic carbocycles. The number of rotatable bonds is 4. The summed E-state index contributed by atoms with van der Waals surface area (Å²) >= 11 is 0. The molecule has 0 spiro atoms. The summed E-state index contributed by atoms with van der Waals surface area (Å²) in [5.74, 6) is 0.276. The molecule has 1 N–H and O–H groups in total. The molecule has 0 aliphatic rings. The topological polar surface area (TPSA) is 23.5 Å². The van der Waals surface area contributed by atoms with Gasteiger partial charge in [-0.05, 0) is 60.5 Å². The molecule has 110 valence electrons. The second-order valence-electron chi connectivity index (χ2n) is 5.21. The molecule has 0 aliphatic heterocycles. The zero-order chi connectivity index (χ0) is 15.4. The molecule has 3 aromatic rings. The van der Waals surface area contributed by atoms with E-state index in [1.54, 1.807) is 12.1 Å². The lowest BCUT2D eigenvalue weighted by molar-refractivity contribution is 0.475. The van der Waals surface area contributed by atoms with Gasteiger partial charge in [0.1, 0.15) is 5.75 Å². The summed E-state index contributed by atoms with van der Waals surface area (Å²) < 4.78 is 0. The zero-order valence-corrected chi connectivity index (χ0v) is 12.6. The van der Waals surface area contributed by atoms with Gasteiger partial charge in [-0.1, -0.05) is 37.3 Å². The first-order chi connectivity index (χ1) is 10.8. The Labute approximate surface area is 131 Å². The van der Waals surface area contributed by atoms with E-state index in [1.165, 1.54) is 5.56 Å². The first kappa shape index (κ1) is 14.2. The minimum absolute atomic E-state index is 0.276. The summed E-state index contributed by atoms with van der Waals surface area (Å²) in [7, 11) is 0. The Hall–Kier alpha value is -2.74. The van der Waals surface area contributed by atoms with Gasteiger partial charge in [0, 0.05) is 17.1 Å². The molecule has 0 unspecified atom stereocenters. The maximum Gasteiger partial charge on any atom is 0.115 e. The highest BCUT2D eigenvalue weighted by atomic mass is 16.3. The van der Waals surface area contributed by atoms with Crippen molar-refractivity contribution in [2.45, 2.75) is 13.3 Å². The Morgan fingerprint density at radius 1 is 0.682 bits per heavy atom. The minimum atomic E-state index is 0.276. The van der Waals surface area contributed by atoms with E-state index >= 15 is 0 Å². The lowest BCUT2D eigenvalue weighted by Crippen LogP contribution is -2.09. The number of nitrogens with zero attached hydrogens (tertiary/aromatic N) is 1. The van der Waals surface area contributed by atoms with Crippen LogP contribution in [0.1, 0.15) is 12.5 Å². The number of aromatic hydroxyl groups is 1. The maximum absolute atomic E-state index is 9.53. The van der Waals surface area contributed by atoms with Crippen molar-refractivity contribution in [2.75, 3.05) is 4.90 Å². The summed E-state index contributed by atoms with van der Waals surface area (Å²) in [5, 5.41) is 9.53. The van der Waals surface area contributed by atoms with Crippen molar-refractivity contribution in [3.05, 3.63) is 84.4 Å². The standard InChI is InChI=1S/C20H19NO/c1-2-16-8-10-18(11-9-16)21(17-6-4-3-5-7-17)19-12-14-20(22)15-13-19/h3-15,22H,2H2,1H3. The van der Waals surface area contributed by atoms with E-state index in [4.69, 9.17) is 0 Å². The second-order valence-corrected chi connectivity index (χ2v) is 5.21. The van der Waals surface area contributed by atoms with Gasteiger partial charge in [-0.3, -0.25) is 0 Å². The van der Waals surface area contributed by atoms with E-state index in [0.717, 1.165) is 23.5 Å². The summed E-state index contributed by atoms with van der Waals surface area (Å²) in [6.07, 6.45) is 1.03. The summed E-state index contributed by atoms with van der Waals surface area (Å²) in [5.41, 5.74) is 4.54. The molecule has 0 saturated carbocycles. The van der Waals surface area contributed by atoms with Crippen LogP contribution in [0.25, 0.3) is 0 Å². The molecule has 0 atom stereocenters. The Kier molecular flexibility index (Phi) is 4.10. The van der Waals surface area contributed by atoms with Gasteiger partial charge in [-0.25, -0.2) is 0 Å². The molecule has 0 saturated heterocycles. The summed E-state index contributed by atoms with van der Waals surface area (Å²) in [6, 6.07) is 26.1. The molecule has 22 heavy (non-hydrogen) atoms. The van der Waals surface area contributed by atoms with E-state index in [0.29, 0.717) is 0 Å². The van der Waals surface area contributed by atoms with Crippen LogP contribution in [0.5, 0.6) is 5.75 Å². The van der Waals surface area contributed by atoms with Gasteiger partial charge in [0.25, 0.3) is 0 Å². The van der Waals surface area contributed by atoms with E-state index in [2.05, 4.69) is 48.2 Å². The lowest BCUT2D eigenvalue weighted by atomic mass is 10.1. The predicted octanol–water partition coefficient (Wildman–Crippen LogP) is 5.42. The van der Waals surface area contributed by atoms with Crippen LogP contribution in [0.15, 0.2) is 78.9 Å². The average molecular weight is 289 g/mol. The highest BCUT2D eigenvalue weighted by molar-refractivity contribution is 5.76. The van der Waals surface area contributed by atoms with Gasteiger partial charge >= 0.3 is 0 Å². The van der Waals surface area contributed by atoms with Gasteiger partial charge in [0.15, 0.2) is 0 Å². The fourth-order valence-electron chi connectivity index (χ4n) is 2.51. The molecule has 0 amide bonds. The van der Waals surface area contributed by atoms with Crippen LogP contribution in [0.4, 0.5) is 17.1 Å². The quantitative estimate of drug-likeness (QED) is 0.692. The Morgan fingerprint density at radius 2 is 1.18 bits per heavy atom. The van der Waals surface area contributed by atoms with Gasteiger partial charge in [0.05, 0.1) is 0 Å². The Morgan fingerprint density at radius 3 is 1.73 bits per heavy atom. The molecule has 3 rings (SSSR count). The maximum atomic E-state index is 9.53. The van der Waals surface area contributed by atoms with Crippen LogP contribution in [0.2, 0.25) is 0 Å². The monoisotopic (exact) mass is 289 g/mol. The largest absolute Gasteiger partial charge is 0.508 e. The van der Waals surface area contributed by atoms with E-state index in [9.17, 15) is 5.11 Å². The summed E-state index contributed by atoms with van der Waals surface area (Å²) in [6.45, 7) is 2.16. The van der Waals surface area contributed by atoms with Crippen molar-refractivity contribution < 1.29 is 5.11 Å². The van der Waals surface area contributed by atoms with E-state index < -0.39 is 0 Å². The van der Waals surface area contributed by atoms with Gasteiger partial charge in [0.2, 0.25) is 0 Å². The van der Waals surface area contributed by atoms with Crippen LogP contribution >= 0.6 is 0 Å². The first-order valence-corrected chi connectivity index (χ1v) is 7.51. The second kappa shape index (κ2) is 6.35. The van der Waals surface area contributed by atoms with Crippen molar-refractivity contribution in [1.29, 1.82) is 0 Å². The third-order valence-electron chi connectivity index (χ3n) is 3.73. The SMILES string of the molecule is CCc1ccc(N(c2ccccc2)c2ccc(O)cc2)cc1. The smallest absolute Gasteiger partial charge is 0.115 e. The van der Waals surface area contributed by atoms with Crippen LogP contribution in [0, 0.1) is 0 Å². The molecule has 0 radical (unpaired) electrons. The van der Waals surface area contributed by atoms with Crippen molar-refractivity contribution in [3.8, 4) is 5.75 Å². The van der Waals surface area contributed by atoms with Crippen molar-refractivity contribution in [1.82, 2.24) is 0 Å². The highest BCUT2D eigenvalue weighted by Gasteiger charge is 2.11. The minimum Gasteiger partial charge on any atom is -0.508 e. The van der Waals surface area contributed by atoms with Crippen molar-refractivity contribution >= 4 is 17.1 Å². The third kappa shape index (κ3) is 2.96. The third-order valence-corrected chi connectivity index (χ3v) is 3.73. The fraction of sp³-hybridized carbons (Fsp3) is 0.100. The molecular formula is C20H19NO. The zero-order valence-electron chi connectivity index (χ0n) is 12.6. The molecule has 0 aromatic heterocycles. The number of phenols is 1. The summed E-state index contributed by atoms with van der Waals surface area (Å²) in [4.78, 5) is 2.18. The predicted molar refractivity (Wildman–Crippen MR) is 92.2 cm³/mol. The number of benzene rings is 3. The molecule has 0 heterocycles. The number of hydrogen-bond donors (Lipinski definition) is 1. The van der Waals surface area contributed by atoms with Crippen molar-refractivity contribution in [2.24, 2.45) is 0 Å². The highest BCUT2D eigenvalue weighted by Crippen LogP contribution is 2.34. The normalized spacial score (nSPS) is 10.4. The van der Waals surface area contributed by atoms with Gasteiger partial charge in [-0.15, -0.1) is 0 Å². The lowest BCUT2D eigenvalue weighted by Gasteiger charge is -2.25. The molecule has 3 aromatic carbocycles. The molecular weight excluding hydrogens is 270 g/mol. The van der Waals surface area contributed by atoms with Crippen LogP contribution in [0.3, 0.4) is 0 Å². The first-order valence-electron chi connectivity index (χ1n) is 7.51. The van der Waals surface area contributed by atoms with Crippen LogP contribution in [-0.4, -0.2) is 5.11 Å². The number of para-hydroxylation sites is 1. The van der Waals surface area contributed by atoms with Crippen LogP contribution < -0.4 is 4.90 Å².